The van der Waals surface area contributed by atoms with Crippen molar-refractivity contribution in [2.24, 2.45) is 0 Å². The highest BCUT2D eigenvalue weighted by Gasteiger charge is 2.22. The number of hydrogen-bond acceptors (Lipinski definition) is 4. The van der Waals surface area contributed by atoms with E-state index in [9.17, 15) is 4.79 Å². The van der Waals surface area contributed by atoms with Crippen LogP contribution in [0.2, 0.25) is 0 Å². The molecule has 0 aliphatic carbocycles. The zero-order valence-electron chi connectivity index (χ0n) is 11.7. The van der Waals surface area contributed by atoms with Crippen LogP contribution >= 0.6 is 11.3 Å². The quantitative estimate of drug-likeness (QED) is 0.942. The lowest BCUT2D eigenvalue weighted by molar-refractivity contribution is 0.0696. The van der Waals surface area contributed by atoms with E-state index in [1.807, 2.05) is 29.9 Å². The number of likely N-dealkylation sites (tertiary alicyclic amines) is 1. The van der Waals surface area contributed by atoms with E-state index in [0.29, 0.717) is 11.5 Å². The first-order chi connectivity index (χ1) is 10.2. The van der Waals surface area contributed by atoms with E-state index in [2.05, 4.69) is 9.88 Å². The fraction of sp³-hybridized carbons (Fsp3) is 0.375. The molecule has 1 aromatic carbocycles. The Hall–Kier alpha value is -1.72. The van der Waals surface area contributed by atoms with Crippen LogP contribution < -0.4 is 0 Å². The van der Waals surface area contributed by atoms with E-state index in [0.717, 1.165) is 38.0 Å². The number of rotatable bonds is 4. The Labute approximate surface area is 128 Å². The number of aromatic nitrogens is 1. The molecule has 1 N–H and O–H groups in total. The van der Waals surface area contributed by atoms with Gasteiger partial charge >= 0.3 is 5.97 Å². The van der Waals surface area contributed by atoms with Crippen molar-refractivity contribution in [3.8, 4) is 0 Å². The van der Waals surface area contributed by atoms with Gasteiger partial charge in [0.2, 0.25) is 0 Å². The fourth-order valence-electron chi connectivity index (χ4n) is 2.94. The average Bonchev–Trinajstić information content (AvgIpc) is 3.00. The maximum absolute atomic E-state index is 11.1. The Morgan fingerprint density at radius 1 is 1.48 bits per heavy atom. The minimum atomic E-state index is -0.853. The van der Waals surface area contributed by atoms with Crippen LogP contribution in [0.4, 0.5) is 0 Å². The van der Waals surface area contributed by atoms with Crippen molar-refractivity contribution in [2.75, 3.05) is 13.1 Å². The Morgan fingerprint density at radius 3 is 3.14 bits per heavy atom. The van der Waals surface area contributed by atoms with Crippen molar-refractivity contribution in [2.45, 2.75) is 25.3 Å². The van der Waals surface area contributed by atoms with Gasteiger partial charge in [-0.05, 0) is 43.0 Å². The number of piperidine rings is 1. The highest BCUT2D eigenvalue weighted by atomic mass is 32.1. The molecule has 0 unspecified atom stereocenters. The summed E-state index contributed by atoms with van der Waals surface area (Å²) in [6.07, 6.45) is 4.21. The summed E-state index contributed by atoms with van der Waals surface area (Å²) in [5.74, 6) is -0.430. The summed E-state index contributed by atoms with van der Waals surface area (Å²) in [5, 5.41) is 9.11. The maximum Gasteiger partial charge on any atom is 0.335 e. The molecule has 2 heterocycles. The highest BCUT2D eigenvalue weighted by Crippen LogP contribution is 2.28. The summed E-state index contributed by atoms with van der Waals surface area (Å²) in [4.78, 5) is 18.9. The zero-order valence-corrected chi connectivity index (χ0v) is 12.6. The molecule has 1 aliphatic heterocycles. The second-order valence-electron chi connectivity index (χ2n) is 5.47. The van der Waals surface area contributed by atoms with Crippen LogP contribution in [-0.4, -0.2) is 34.0 Å². The van der Waals surface area contributed by atoms with E-state index in [1.165, 1.54) is 4.88 Å². The zero-order chi connectivity index (χ0) is 14.7. The third-order valence-electron chi connectivity index (χ3n) is 3.97. The molecule has 0 amide bonds. The van der Waals surface area contributed by atoms with Gasteiger partial charge in [-0.15, -0.1) is 11.3 Å². The monoisotopic (exact) mass is 302 g/mol. The molecule has 0 bridgehead atoms. The first-order valence-electron chi connectivity index (χ1n) is 7.15. The number of aromatic carboxylic acids is 1. The summed E-state index contributed by atoms with van der Waals surface area (Å²) in [6, 6.07) is 7.38. The number of carbonyl (C=O) groups is 1. The predicted octanol–water partition coefficient (Wildman–Crippen LogP) is 3.22. The first kappa shape index (κ1) is 14.2. The fourth-order valence-corrected chi connectivity index (χ4v) is 3.57. The number of benzene rings is 1. The van der Waals surface area contributed by atoms with E-state index in [1.54, 1.807) is 17.4 Å². The number of hydrogen-bond donors (Lipinski definition) is 1. The lowest BCUT2D eigenvalue weighted by Gasteiger charge is -2.32. The molecule has 1 atom stereocenters. The molecule has 21 heavy (non-hydrogen) atoms. The van der Waals surface area contributed by atoms with Crippen LogP contribution in [0.5, 0.6) is 0 Å². The van der Waals surface area contributed by atoms with Gasteiger partial charge in [-0.3, -0.25) is 9.88 Å². The average molecular weight is 302 g/mol. The summed E-state index contributed by atoms with van der Waals surface area (Å²) in [5.41, 5.74) is 3.39. The van der Waals surface area contributed by atoms with Crippen molar-refractivity contribution in [1.82, 2.24) is 9.88 Å². The van der Waals surface area contributed by atoms with Gasteiger partial charge in [0, 0.05) is 24.2 Å². The van der Waals surface area contributed by atoms with Crippen molar-refractivity contribution in [3.63, 3.8) is 0 Å². The third-order valence-corrected chi connectivity index (χ3v) is 4.74. The van der Waals surface area contributed by atoms with E-state index < -0.39 is 5.97 Å². The lowest BCUT2D eigenvalue weighted by atomic mass is 9.89. The minimum absolute atomic E-state index is 0.382. The first-order valence-corrected chi connectivity index (χ1v) is 8.03. The Morgan fingerprint density at radius 2 is 2.38 bits per heavy atom. The molecule has 3 rings (SSSR count). The number of carboxylic acid groups (broad SMARTS) is 1. The normalized spacial score (nSPS) is 19.5. The van der Waals surface area contributed by atoms with Gasteiger partial charge in [-0.1, -0.05) is 12.1 Å². The highest BCUT2D eigenvalue weighted by molar-refractivity contribution is 7.09. The molecule has 4 nitrogen and oxygen atoms in total. The van der Waals surface area contributed by atoms with Gasteiger partial charge in [0.25, 0.3) is 0 Å². The predicted molar refractivity (Wildman–Crippen MR) is 82.8 cm³/mol. The van der Waals surface area contributed by atoms with Crippen LogP contribution in [-0.2, 0) is 6.54 Å². The number of thiazole rings is 1. The number of carboxylic acids is 1. The standard InChI is InChI=1S/C16H18N2O2S/c19-16(20)13-4-1-3-12(7-13)14-5-2-6-18(9-14)10-15-8-17-11-21-15/h1,3-4,7-8,11,14H,2,5-6,9-10H2,(H,19,20)/t14-/m1/s1. The van der Waals surface area contributed by atoms with Gasteiger partial charge in [0.15, 0.2) is 0 Å². The molecule has 0 spiro atoms. The van der Waals surface area contributed by atoms with Crippen LogP contribution in [0.25, 0.3) is 0 Å². The maximum atomic E-state index is 11.1. The van der Waals surface area contributed by atoms with Gasteiger partial charge in [0.1, 0.15) is 0 Å². The molecule has 1 fully saturated rings. The summed E-state index contributed by atoms with van der Waals surface area (Å²) in [7, 11) is 0. The molecule has 0 saturated carbocycles. The van der Waals surface area contributed by atoms with Gasteiger partial charge in [-0.25, -0.2) is 4.79 Å². The third kappa shape index (κ3) is 3.49. The molecular formula is C16H18N2O2S. The van der Waals surface area contributed by atoms with Crippen molar-refractivity contribution < 1.29 is 9.90 Å². The topological polar surface area (TPSA) is 53.4 Å². The molecule has 1 aliphatic rings. The second-order valence-corrected chi connectivity index (χ2v) is 6.44. The lowest BCUT2D eigenvalue weighted by Crippen LogP contribution is -2.33. The Kier molecular flexibility index (Phi) is 4.31. The van der Waals surface area contributed by atoms with E-state index >= 15 is 0 Å². The molecule has 0 radical (unpaired) electrons. The SMILES string of the molecule is O=C(O)c1cccc([C@@H]2CCCN(Cc3cncs3)C2)c1. The summed E-state index contributed by atoms with van der Waals surface area (Å²) < 4.78 is 0. The molecule has 1 aromatic heterocycles. The van der Waals surface area contributed by atoms with Crippen molar-refractivity contribution in [1.29, 1.82) is 0 Å². The van der Waals surface area contributed by atoms with E-state index in [-0.39, 0.29) is 0 Å². The summed E-state index contributed by atoms with van der Waals surface area (Å²) >= 11 is 1.69. The molecule has 1 saturated heterocycles. The van der Waals surface area contributed by atoms with Gasteiger partial charge < -0.3 is 5.11 Å². The van der Waals surface area contributed by atoms with Crippen LogP contribution in [0.15, 0.2) is 36.0 Å². The second kappa shape index (κ2) is 6.37. The van der Waals surface area contributed by atoms with Gasteiger partial charge in [-0.2, -0.15) is 0 Å². The van der Waals surface area contributed by atoms with Gasteiger partial charge in [0.05, 0.1) is 11.1 Å². The van der Waals surface area contributed by atoms with E-state index in [4.69, 9.17) is 5.11 Å². The van der Waals surface area contributed by atoms with Crippen molar-refractivity contribution >= 4 is 17.3 Å². The molecule has 2 aromatic rings. The Balaban J connectivity index is 1.70. The number of nitrogens with zero attached hydrogens (tertiary/aromatic N) is 2. The molecule has 5 heteroatoms. The smallest absolute Gasteiger partial charge is 0.335 e. The Bertz CT molecular complexity index is 612. The largest absolute Gasteiger partial charge is 0.478 e. The van der Waals surface area contributed by atoms with Crippen LogP contribution in [0, 0.1) is 0 Å². The van der Waals surface area contributed by atoms with Crippen LogP contribution in [0.3, 0.4) is 0 Å². The van der Waals surface area contributed by atoms with Crippen molar-refractivity contribution in [3.05, 3.63) is 52.0 Å². The molecule has 110 valence electrons. The summed E-state index contributed by atoms with van der Waals surface area (Å²) in [6.45, 7) is 3.04. The van der Waals surface area contributed by atoms with Crippen LogP contribution in [0.1, 0.15) is 39.6 Å². The minimum Gasteiger partial charge on any atom is -0.478 e. The molecular weight excluding hydrogens is 284 g/mol.